The molecule has 0 aliphatic carbocycles. The van der Waals surface area contributed by atoms with Gasteiger partial charge in [0.25, 0.3) is 0 Å². The van der Waals surface area contributed by atoms with Gasteiger partial charge in [0.05, 0.1) is 6.26 Å². The number of hydrogen-bond donors (Lipinski definition) is 1. The zero-order chi connectivity index (χ0) is 18.8. The molecule has 2 aromatic rings. The van der Waals surface area contributed by atoms with Gasteiger partial charge in [-0.05, 0) is 49.2 Å². The zero-order valence-electron chi connectivity index (χ0n) is 14.0. The number of hydrogen-bond acceptors (Lipinski definition) is 3. The molecule has 5 nitrogen and oxygen atoms in total. The van der Waals surface area contributed by atoms with Crippen molar-refractivity contribution in [2.75, 3.05) is 22.4 Å². The van der Waals surface area contributed by atoms with Crippen molar-refractivity contribution in [2.24, 2.45) is 0 Å². The number of nitrogens with one attached hydrogen (secondary N) is 1. The van der Waals surface area contributed by atoms with E-state index in [0.717, 1.165) is 35.6 Å². The average Bonchev–Trinajstić information content (AvgIpc) is 2.43. The van der Waals surface area contributed by atoms with Crippen molar-refractivity contribution in [2.45, 2.75) is 13.8 Å². The van der Waals surface area contributed by atoms with E-state index in [0.29, 0.717) is 9.99 Å². The van der Waals surface area contributed by atoms with Crippen LogP contribution < -0.4 is 9.62 Å². The van der Waals surface area contributed by atoms with Crippen LogP contribution in [0.1, 0.15) is 11.1 Å². The maximum atomic E-state index is 13.9. The Kier molecular flexibility index (Phi) is 5.42. The van der Waals surface area contributed by atoms with Crippen LogP contribution in [0.4, 0.5) is 20.2 Å². The lowest BCUT2D eigenvalue weighted by atomic mass is 10.1. The molecule has 1 amide bonds. The highest BCUT2D eigenvalue weighted by molar-refractivity contribution is 7.92. The predicted molar refractivity (Wildman–Crippen MR) is 93.1 cm³/mol. The summed E-state index contributed by atoms with van der Waals surface area (Å²) in [5.41, 5.74) is 1.52. The fourth-order valence-electron chi connectivity index (χ4n) is 2.47. The Labute approximate surface area is 145 Å². The highest BCUT2D eigenvalue weighted by Crippen LogP contribution is 2.25. The van der Waals surface area contributed by atoms with E-state index in [1.54, 1.807) is 12.1 Å². The summed E-state index contributed by atoms with van der Waals surface area (Å²) < 4.78 is 52.2. The van der Waals surface area contributed by atoms with E-state index >= 15 is 0 Å². The fourth-order valence-corrected chi connectivity index (χ4v) is 3.33. The minimum absolute atomic E-state index is 0.412. The van der Waals surface area contributed by atoms with Crippen molar-refractivity contribution < 1.29 is 22.0 Å². The van der Waals surface area contributed by atoms with Crippen molar-refractivity contribution in [1.82, 2.24) is 0 Å². The molecule has 0 aliphatic heterocycles. The lowest BCUT2D eigenvalue weighted by Crippen LogP contribution is -2.38. The van der Waals surface area contributed by atoms with Crippen LogP contribution in [0.5, 0.6) is 0 Å². The molecule has 2 aromatic carbocycles. The molecule has 0 aromatic heterocycles. The summed E-state index contributed by atoms with van der Waals surface area (Å²) in [6, 6.07) is 8.30. The summed E-state index contributed by atoms with van der Waals surface area (Å²) in [5.74, 6) is -2.84. The average molecular weight is 368 g/mol. The quantitative estimate of drug-likeness (QED) is 0.882. The molecule has 0 atom stereocenters. The van der Waals surface area contributed by atoms with Crippen LogP contribution in [0.25, 0.3) is 0 Å². The van der Waals surface area contributed by atoms with Crippen molar-refractivity contribution in [1.29, 1.82) is 0 Å². The Hall–Kier alpha value is -2.48. The van der Waals surface area contributed by atoms with Gasteiger partial charge in [-0.1, -0.05) is 12.1 Å². The Balaban J connectivity index is 2.30. The van der Waals surface area contributed by atoms with Crippen LogP contribution in [-0.2, 0) is 14.8 Å². The second kappa shape index (κ2) is 7.18. The lowest BCUT2D eigenvalue weighted by Gasteiger charge is -2.22. The van der Waals surface area contributed by atoms with Crippen molar-refractivity contribution in [3.63, 3.8) is 0 Å². The largest absolute Gasteiger partial charge is 0.324 e. The van der Waals surface area contributed by atoms with Crippen molar-refractivity contribution in [3.05, 3.63) is 59.2 Å². The normalized spacial score (nSPS) is 11.2. The van der Waals surface area contributed by atoms with Gasteiger partial charge in [0, 0.05) is 5.69 Å². The Morgan fingerprint density at radius 2 is 1.60 bits per heavy atom. The Morgan fingerprint density at radius 1 is 1.08 bits per heavy atom. The van der Waals surface area contributed by atoms with Crippen LogP contribution in [0.3, 0.4) is 0 Å². The monoisotopic (exact) mass is 368 g/mol. The first-order valence-electron chi connectivity index (χ1n) is 7.38. The molecule has 0 saturated carbocycles. The van der Waals surface area contributed by atoms with E-state index in [-0.39, 0.29) is 0 Å². The van der Waals surface area contributed by atoms with E-state index < -0.39 is 39.8 Å². The van der Waals surface area contributed by atoms with Gasteiger partial charge < -0.3 is 5.32 Å². The number of benzene rings is 2. The summed E-state index contributed by atoms with van der Waals surface area (Å²) in [7, 11) is -4.07. The second-order valence-corrected chi connectivity index (χ2v) is 7.67. The predicted octanol–water partition coefficient (Wildman–Crippen LogP) is 2.99. The molecule has 2 rings (SSSR count). The lowest BCUT2D eigenvalue weighted by molar-refractivity contribution is -0.114. The van der Waals surface area contributed by atoms with Gasteiger partial charge in [-0.3, -0.25) is 9.10 Å². The fraction of sp³-hybridized carbons (Fsp3) is 0.235. The Morgan fingerprint density at radius 3 is 2.08 bits per heavy atom. The first-order valence-corrected chi connectivity index (χ1v) is 9.22. The van der Waals surface area contributed by atoms with E-state index in [1.165, 1.54) is 0 Å². The molecule has 1 N–H and O–H groups in total. The maximum absolute atomic E-state index is 13.9. The van der Waals surface area contributed by atoms with E-state index in [9.17, 15) is 22.0 Å². The topological polar surface area (TPSA) is 66.5 Å². The smallest absolute Gasteiger partial charge is 0.245 e. The van der Waals surface area contributed by atoms with Crippen LogP contribution >= 0.6 is 0 Å². The number of sulfonamides is 1. The first kappa shape index (κ1) is 18.9. The SMILES string of the molecule is Cc1cc(C)cc(NC(=O)CN(c2c(F)cccc2F)S(C)(=O)=O)c1. The van der Waals surface area contributed by atoms with E-state index in [1.807, 2.05) is 19.9 Å². The molecule has 25 heavy (non-hydrogen) atoms. The minimum Gasteiger partial charge on any atom is -0.324 e. The summed E-state index contributed by atoms with van der Waals surface area (Å²) in [6.45, 7) is 2.95. The molecule has 0 unspecified atom stereocenters. The van der Waals surface area contributed by atoms with Gasteiger partial charge in [-0.25, -0.2) is 17.2 Å². The number of para-hydroxylation sites is 1. The summed E-state index contributed by atoms with van der Waals surface area (Å²) in [5, 5.41) is 2.54. The third-order valence-corrected chi connectivity index (χ3v) is 4.49. The number of aryl methyl sites for hydroxylation is 2. The highest BCUT2D eigenvalue weighted by atomic mass is 32.2. The van der Waals surface area contributed by atoms with Gasteiger partial charge in [-0.15, -0.1) is 0 Å². The van der Waals surface area contributed by atoms with E-state index in [4.69, 9.17) is 0 Å². The summed E-state index contributed by atoms with van der Waals surface area (Å²) in [4.78, 5) is 12.2. The van der Waals surface area contributed by atoms with E-state index in [2.05, 4.69) is 5.32 Å². The number of rotatable bonds is 5. The molecule has 0 fully saturated rings. The van der Waals surface area contributed by atoms with Gasteiger partial charge >= 0.3 is 0 Å². The molecule has 0 radical (unpaired) electrons. The third kappa shape index (κ3) is 4.76. The minimum atomic E-state index is -4.07. The molecular weight excluding hydrogens is 350 g/mol. The third-order valence-electron chi connectivity index (χ3n) is 3.38. The van der Waals surface area contributed by atoms with Crippen molar-refractivity contribution in [3.8, 4) is 0 Å². The van der Waals surface area contributed by atoms with Gasteiger partial charge in [-0.2, -0.15) is 0 Å². The zero-order valence-corrected chi connectivity index (χ0v) is 14.8. The number of anilines is 2. The molecule has 0 aliphatic rings. The molecule has 0 bridgehead atoms. The standard InChI is InChI=1S/C17H18F2N2O3S/c1-11-7-12(2)9-13(8-11)20-16(22)10-21(25(3,23)24)17-14(18)5-4-6-15(17)19/h4-9H,10H2,1-3H3,(H,20,22). The number of halogens is 2. The molecule has 134 valence electrons. The van der Waals surface area contributed by atoms with Crippen LogP contribution in [0, 0.1) is 25.5 Å². The maximum Gasteiger partial charge on any atom is 0.245 e. The second-order valence-electron chi connectivity index (χ2n) is 5.76. The summed E-state index contributed by atoms with van der Waals surface area (Å²) in [6.07, 6.45) is 0.781. The van der Waals surface area contributed by atoms with Crippen LogP contribution in [0.15, 0.2) is 36.4 Å². The number of amides is 1. The van der Waals surface area contributed by atoms with Crippen LogP contribution in [0.2, 0.25) is 0 Å². The van der Waals surface area contributed by atoms with Gasteiger partial charge in [0.2, 0.25) is 15.9 Å². The molecule has 0 heterocycles. The van der Waals surface area contributed by atoms with Crippen molar-refractivity contribution >= 4 is 27.3 Å². The van der Waals surface area contributed by atoms with Gasteiger partial charge in [0.1, 0.15) is 12.2 Å². The highest BCUT2D eigenvalue weighted by Gasteiger charge is 2.26. The summed E-state index contributed by atoms with van der Waals surface area (Å²) >= 11 is 0. The number of nitrogens with zero attached hydrogens (tertiary/aromatic N) is 1. The number of carbonyl (C=O) groups is 1. The first-order chi connectivity index (χ1) is 11.6. The number of carbonyl (C=O) groups excluding carboxylic acids is 1. The Bertz CT molecular complexity index is 874. The van der Waals surface area contributed by atoms with Crippen LogP contribution in [-0.4, -0.2) is 27.1 Å². The molecule has 0 saturated heterocycles. The van der Waals surface area contributed by atoms with Gasteiger partial charge in [0.15, 0.2) is 11.6 Å². The molecular formula is C17H18F2N2O3S. The molecule has 0 spiro atoms. The molecule has 8 heteroatoms.